The van der Waals surface area contributed by atoms with Crippen LogP contribution in [0.4, 0.5) is 4.79 Å². The molecule has 0 aliphatic carbocycles. The lowest BCUT2D eigenvalue weighted by Gasteiger charge is -2.25. The molecule has 7 nitrogen and oxygen atoms in total. The summed E-state index contributed by atoms with van der Waals surface area (Å²) >= 11 is 0. The van der Waals surface area contributed by atoms with Gasteiger partial charge in [-0.25, -0.2) is 4.79 Å². The van der Waals surface area contributed by atoms with Gasteiger partial charge in [-0.05, 0) is 63.6 Å². The molecule has 0 spiro atoms. The number of rotatable bonds is 6. The van der Waals surface area contributed by atoms with Crippen molar-refractivity contribution in [1.82, 2.24) is 14.9 Å². The number of carbonyl (C=O) groups is 1. The van der Waals surface area contributed by atoms with Crippen molar-refractivity contribution >= 4 is 27.8 Å². The first kappa shape index (κ1) is 23.6. The first-order chi connectivity index (χ1) is 14.9. The molecule has 2 aromatic heterocycles. The summed E-state index contributed by atoms with van der Waals surface area (Å²) in [5.74, 6) is 1.01. The zero-order valence-corrected chi connectivity index (χ0v) is 20.0. The van der Waals surface area contributed by atoms with Crippen LogP contribution in [0.3, 0.4) is 0 Å². The number of alkyl carbamates (subject to hydrolysis) is 1. The minimum Gasteiger partial charge on any atom is -0.491 e. The van der Waals surface area contributed by atoms with Gasteiger partial charge in [-0.3, -0.25) is 9.78 Å². The highest BCUT2D eigenvalue weighted by Crippen LogP contribution is 2.26. The van der Waals surface area contributed by atoms with E-state index in [9.17, 15) is 9.59 Å². The molecule has 0 bridgehead atoms. The van der Waals surface area contributed by atoms with E-state index in [-0.39, 0.29) is 11.6 Å². The fourth-order valence-electron chi connectivity index (χ4n) is 3.76. The van der Waals surface area contributed by atoms with E-state index in [2.05, 4.69) is 24.1 Å². The van der Waals surface area contributed by atoms with Gasteiger partial charge in [-0.15, -0.1) is 0 Å². The lowest BCUT2D eigenvalue weighted by atomic mass is 10.0. The number of ether oxygens (including phenoxy) is 2. The fourth-order valence-corrected chi connectivity index (χ4v) is 3.76. The average molecular weight is 440 g/mol. The Morgan fingerprint density at radius 1 is 1.16 bits per heavy atom. The number of nitrogens with one attached hydrogen (secondary N) is 1. The summed E-state index contributed by atoms with van der Waals surface area (Å²) in [4.78, 5) is 29.3. The largest absolute Gasteiger partial charge is 0.491 e. The highest BCUT2D eigenvalue weighted by molar-refractivity contribution is 6.05. The monoisotopic (exact) mass is 439 g/mol. The Kier molecular flexibility index (Phi) is 6.77. The van der Waals surface area contributed by atoms with Crippen LogP contribution >= 0.6 is 0 Å². The van der Waals surface area contributed by atoms with Gasteiger partial charge in [-0.2, -0.15) is 0 Å². The highest BCUT2D eigenvalue weighted by Gasteiger charge is 2.21. The van der Waals surface area contributed by atoms with Crippen molar-refractivity contribution in [2.45, 2.75) is 59.6 Å². The maximum absolute atomic E-state index is 12.8. The van der Waals surface area contributed by atoms with Crippen molar-refractivity contribution < 1.29 is 14.3 Å². The Balaban J connectivity index is 1.85. The lowest BCUT2D eigenvalue weighted by molar-refractivity contribution is 0.0480. The number of amides is 1. The summed E-state index contributed by atoms with van der Waals surface area (Å²) in [5.41, 5.74) is 0.984. The van der Waals surface area contributed by atoms with Crippen LogP contribution in [-0.4, -0.2) is 33.9 Å². The number of aryl methyl sites for hydroxylation is 2. The molecule has 7 heteroatoms. The van der Waals surface area contributed by atoms with E-state index in [1.54, 1.807) is 17.8 Å². The number of pyridine rings is 2. The van der Waals surface area contributed by atoms with Crippen molar-refractivity contribution in [1.29, 1.82) is 0 Å². The molecule has 3 aromatic rings. The van der Waals surface area contributed by atoms with Crippen LogP contribution < -0.4 is 15.6 Å². The molecule has 172 valence electrons. The van der Waals surface area contributed by atoms with Gasteiger partial charge in [0.2, 0.25) is 0 Å². The maximum atomic E-state index is 12.8. The molecule has 2 heterocycles. The molecule has 32 heavy (non-hydrogen) atoms. The van der Waals surface area contributed by atoms with Crippen LogP contribution in [-0.2, 0) is 11.8 Å². The van der Waals surface area contributed by atoms with E-state index in [0.717, 1.165) is 28.4 Å². The topological polar surface area (TPSA) is 82.5 Å². The zero-order chi connectivity index (χ0) is 23.6. The second-order valence-corrected chi connectivity index (χ2v) is 9.70. The Hall–Kier alpha value is -3.09. The zero-order valence-electron chi connectivity index (χ0n) is 20.0. The molecule has 0 saturated heterocycles. The summed E-state index contributed by atoms with van der Waals surface area (Å²) in [7, 11) is 1.75. The second-order valence-electron chi connectivity index (χ2n) is 9.70. The summed E-state index contributed by atoms with van der Waals surface area (Å²) in [5, 5.41) is 5.35. The van der Waals surface area contributed by atoms with Crippen molar-refractivity contribution in [3.63, 3.8) is 0 Å². The molecule has 0 aliphatic rings. The fraction of sp³-hybridized carbons (Fsp3) is 0.480. The van der Waals surface area contributed by atoms with Gasteiger partial charge in [0, 0.05) is 30.4 Å². The van der Waals surface area contributed by atoms with E-state index in [4.69, 9.17) is 9.47 Å². The third-order valence-corrected chi connectivity index (χ3v) is 5.12. The molecule has 1 atom stereocenters. The van der Waals surface area contributed by atoms with E-state index < -0.39 is 11.7 Å². The molecule has 0 aliphatic heterocycles. The number of nitrogens with zero attached hydrogens (tertiary/aromatic N) is 2. The number of hydrogen-bond donors (Lipinski definition) is 1. The Bertz CT molecular complexity index is 1190. The lowest BCUT2D eigenvalue weighted by Crippen LogP contribution is -2.42. The first-order valence-corrected chi connectivity index (χ1v) is 11.0. The Morgan fingerprint density at radius 3 is 2.53 bits per heavy atom. The van der Waals surface area contributed by atoms with Gasteiger partial charge in [-0.1, -0.05) is 13.8 Å². The van der Waals surface area contributed by atoms with Crippen molar-refractivity contribution in [3.8, 4) is 5.75 Å². The highest BCUT2D eigenvalue weighted by atomic mass is 16.6. The number of carbonyl (C=O) groups excluding carboxylic acids is 1. The van der Waals surface area contributed by atoms with Crippen LogP contribution in [0.15, 0.2) is 35.3 Å². The Morgan fingerprint density at radius 2 is 1.88 bits per heavy atom. The molecular formula is C25H33N3O4. The third kappa shape index (κ3) is 5.58. The molecule has 3 rings (SSSR count). The van der Waals surface area contributed by atoms with E-state index in [1.807, 2.05) is 52.0 Å². The number of benzene rings is 1. The Labute approximate surface area is 188 Å². The minimum absolute atomic E-state index is 0.0959. The number of aromatic nitrogens is 2. The minimum atomic E-state index is -0.562. The van der Waals surface area contributed by atoms with Gasteiger partial charge < -0.3 is 19.4 Å². The predicted molar refractivity (Wildman–Crippen MR) is 127 cm³/mol. The molecule has 0 saturated carbocycles. The normalized spacial score (nSPS) is 12.9. The third-order valence-electron chi connectivity index (χ3n) is 5.12. The summed E-state index contributed by atoms with van der Waals surface area (Å²) in [6.07, 6.45) is 1.93. The summed E-state index contributed by atoms with van der Waals surface area (Å²) in [6, 6.07) is 7.45. The van der Waals surface area contributed by atoms with E-state index >= 15 is 0 Å². The molecule has 1 amide bonds. The van der Waals surface area contributed by atoms with Gasteiger partial charge in [0.15, 0.2) is 0 Å². The van der Waals surface area contributed by atoms with Crippen LogP contribution in [0.2, 0.25) is 0 Å². The van der Waals surface area contributed by atoms with Crippen molar-refractivity contribution in [2.75, 3.05) is 6.61 Å². The van der Waals surface area contributed by atoms with Gasteiger partial charge in [0.25, 0.3) is 5.56 Å². The smallest absolute Gasteiger partial charge is 0.407 e. The quantitative estimate of drug-likeness (QED) is 0.562. The number of hydrogen-bond acceptors (Lipinski definition) is 5. The van der Waals surface area contributed by atoms with Crippen LogP contribution in [0.5, 0.6) is 5.75 Å². The van der Waals surface area contributed by atoms with Crippen LogP contribution in [0, 0.1) is 12.8 Å². The van der Waals surface area contributed by atoms with Crippen molar-refractivity contribution in [3.05, 3.63) is 46.5 Å². The molecule has 1 aromatic carbocycles. The molecular weight excluding hydrogens is 406 g/mol. The first-order valence-electron chi connectivity index (χ1n) is 11.0. The van der Waals surface area contributed by atoms with Gasteiger partial charge >= 0.3 is 6.09 Å². The summed E-state index contributed by atoms with van der Waals surface area (Å²) < 4.78 is 13.0. The molecule has 1 unspecified atom stereocenters. The van der Waals surface area contributed by atoms with Gasteiger partial charge in [0.1, 0.15) is 18.0 Å². The number of fused-ring (bicyclic) bond motifs is 3. The predicted octanol–water partition coefficient (Wildman–Crippen LogP) is 4.71. The van der Waals surface area contributed by atoms with Crippen molar-refractivity contribution in [2.24, 2.45) is 13.0 Å². The molecule has 1 N–H and O–H groups in total. The standard InChI is InChI=1S/C25H33N3O4/c1-15(2)10-17(27-24(30)32-25(4,5)6)14-31-18-8-9-19-20-11-16(3)26-13-21(20)23(29)28(7)22(19)12-18/h8-9,11-13,15,17H,10,14H2,1-7H3,(H,27,30). The SMILES string of the molecule is Cc1cc2c(cn1)c(=O)n(C)c1cc(OCC(CC(C)C)NC(=O)OC(C)(C)C)ccc21. The maximum Gasteiger partial charge on any atom is 0.407 e. The van der Waals surface area contributed by atoms with E-state index in [0.29, 0.717) is 23.7 Å². The van der Waals surface area contributed by atoms with Crippen LogP contribution in [0.25, 0.3) is 21.7 Å². The second kappa shape index (κ2) is 9.18. The molecule has 0 radical (unpaired) electrons. The summed E-state index contributed by atoms with van der Waals surface area (Å²) in [6.45, 7) is 11.9. The molecule has 0 fully saturated rings. The van der Waals surface area contributed by atoms with Crippen LogP contribution in [0.1, 0.15) is 46.7 Å². The van der Waals surface area contributed by atoms with E-state index in [1.165, 1.54) is 0 Å². The van der Waals surface area contributed by atoms with Gasteiger partial charge in [0.05, 0.1) is 16.9 Å². The average Bonchev–Trinajstić information content (AvgIpc) is 2.68.